The van der Waals surface area contributed by atoms with Gasteiger partial charge in [0.25, 0.3) is 0 Å². The van der Waals surface area contributed by atoms with Crippen LogP contribution < -0.4 is 5.32 Å². The lowest BCUT2D eigenvalue weighted by Gasteiger charge is -2.19. The maximum Gasteiger partial charge on any atom is 0.131 e. The second kappa shape index (κ2) is 5.99. The van der Waals surface area contributed by atoms with Crippen LogP contribution in [0.2, 0.25) is 5.02 Å². The highest BCUT2D eigenvalue weighted by molar-refractivity contribution is 6.30. The molecule has 2 aromatic carbocycles. The zero-order valence-corrected chi connectivity index (χ0v) is 10.7. The lowest BCUT2D eigenvalue weighted by molar-refractivity contribution is 0.271. The largest absolute Gasteiger partial charge is 0.394 e. The third-order valence-corrected chi connectivity index (χ3v) is 2.97. The van der Waals surface area contributed by atoms with Crippen molar-refractivity contribution in [3.63, 3.8) is 0 Å². The molecule has 5 heteroatoms. The van der Waals surface area contributed by atoms with Crippen LogP contribution in [0.3, 0.4) is 0 Å². The van der Waals surface area contributed by atoms with Gasteiger partial charge < -0.3 is 10.4 Å². The highest BCUT2D eigenvalue weighted by Gasteiger charge is 2.19. The van der Waals surface area contributed by atoms with Gasteiger partial charge in [0, 0.05) is 16.3 Å². The van der Waals surface area contributed by atoms with Gasteiger partial charge in [-0.2, -0.15) is 0 Å². The van der Waals surface area contributed by atoms with Crippen molar-refractivity contribution < 1.29 is 13.9 Å². The highest BCUT2D eigenvalue weighted by atomic mass is 35.5. The molecule has 2 aromatic rings. The van der Waals surface area contributed by atoms with Gasteiger partial charge in [-0.05, 0) is 36.4 Å². The van der Waals surface area contributed by atoms with Crippen LogP contribution >= 0.6 is 11.6 Å². The Balaban J connectivity index is 2.27. The maximum atomic E-state index is 13.6. The number of aliphatic hydroxyl groups excluding tert-OH is 1. The monoisotopic (exact) mass is 283 g/mol. The summed E-state index contributed by atoms with van der Waals surface area (Å²) < 4.78 is 27.3. The zero-order valence-electron chi connectivity index (χ0n) is 9.91. The summed E-state index contributed by atoms with van der Waals surface area (Å²) in [5, 5.41) is 12.7. The molecular weight excluding hydrogens is 272 g/mol. The smallest absolute Gasteiger partial charge is 0.131 e. The Bertz CT molecular complexity index is 540. The van der Waals surface area contributed by atoms with Crippen molar-refractivity contribution in [2.45, 2.75) is 6.04 Å². The van der Waals surface area contributed by atoms with Crippen molar-refractivity contribution in [1.29, 1.82) is 0 Å². The summed E-state index contributed by atoms with van der Waals surface area (Å²) in [5.41, 5.74) is 0.436. The Morgan fingerprint density at radius 2 is 1.63 bits per heavy atom. The molecule has 0 aromatic heterocycles. The van der Waals surface area contributed by atoms with Crippen LogP contribution in [0.25, 0.3) is 0 Å². The molecule has 0 aliphatic heterocycles. The first-order valence-electron chi connectivity index (χ1n) is 5.68. The molecule has 0 radical (unpaired) electrons. The maximum absolute atomic E-state index is 13.6. The number of nitrogens with one attached hydrogen (secondary N) is 1. The molecule has 100 valence electrons. The quantitative estimate of drug-likeness (QED) is 0.895. The highest BCUT2D eigenvalue weighted by Crippen LogP contribution is 2.25. The van der Waals surface area contributed by atoms with Gasteiger partial charge in [0.2, 0.25) is 0 Å². The van der Waals surface area contributed by atoms with Crippen molar-refractivity contribution in [3.8, 4) is 0 Å². The fraction of sp³-hybridized carbons (Fsp3) is 0.143. The number of hydrogen-bond donors (Lipinski definition) is 2. The molecular formula is C14H12ClF2NO. The third kappa shape index (κ3) is 3.22. The summed E-state index contributed by atoms with van der Waals surface area (Å²) in [6.07, 6.45) is 0. The Kier molecular flexibility index (Phi) is 4.35. The Labute approximate surface area is 114 Å². The van der Waals surface area contributed by atoms with E-state index in [1.54, 1.807) is 24.3 Å². The van der Waals surface area contributed by atoms with Gasteiger partial charge in [-0.15, -0.1) is 0 Å². The molecule has 0 heterocycles. The first kappa shape index (κ1) is 13.8. The van der Waals surface area contributed by atoms with Gasteiger partial charge in [0.15, 0.2) is 0 Å². The van der Waals surface area contributed by atoms with Crippen LogP contribution in [0.5, 0.6) is 0 Å². The van der Waals surface area contributed by atoms with E-state index in [0.717, 1.165) is 12.1 Å². The molecule has 2 N–H and O–H groups in total. The van der Waals surface area contributed by atoms with Gasteiger partial charge in [0.05, 0.1) is 12.6 Å². The van der Waals surface area contributed by atoms with Crippen molar-refractivity contribution >= 4 is 17.3 Å². The van der Waals surface area contributed by atoms with Crippen LogP contribution in [0.15, 0.2) is 42.5 Å². The van der Waals surface area contributed by atoms with Crippen LogP contribution in [0, 0.1) is 11.6 Å². The minimum absolute atomic E-state index is 0.181. The Morgan fingerprint density at radius 3 is 2.16 bits per heavy atom. The van der Waals surface area contributed by atoms with Gasteiger partial charge in [-0.1, -0.05) is 17.7 Å². The van der Waals surface area contributed by atoms with E-state index in [9.17, 15) is 13.9 Å². The first-order valence-corrected chi connectivity index (χ1v) is 6.06. The van der Waals surface area contributed by atoms with Crippen molar-refractivity contribution in [1.82, 2.24) is 0 Å². The molecule has 2 nitrogen and oxygen atoms in total. The molecule has 0 spiro atoms. The number of rotatable bonds is 4. The summed E-state index contributed by atoms with van der Waals surface area (Å²) in [6, 6.07) is 9.38. The van der Waals surface area contributed by atoms with Crippen molar-refractivity contribution in [2.24, 2.45) is 0 Å². The van der Waals surface area contributed by atoms with E-state index in [1.807, 2.05) is 0 Å². The van der Waals surface area contributed by atoms with E-state index < -0.39 is 24.3 Å². The molecule has 0 aliphatic carbocycles. The topological polar surface area (TPSA) is 32.3 Å². The lowest BCUT2D eigenvalue weighted by Crippen LogP contribution is -2.18. The van der Waals surface area contributed by atoms with Crippen LogP contribution in [-0.2, 0) is 0 Å². The number of anilines is 1. The second-order valence-corrected chi connectivity index (χ2v) is 4.46. The van der Waals surface area contributed by atoms with E-state index in [-0.39, 0.29) is 5.56 Å². The predicted molar refractivity (Wildman–Crippen MR) is 71.3 cm³/mol. The van der Waals surface area contributed by atoms with Crippen LogP contribution in [-0.4, -0.2) is 11.7 Å². The zero-order chi connectivity index (χ0) is 13.8. The van der Waals surface area contributed by atoms with Gasteiger partial charge in [-0.25, -0.2) is 8.78 Å². The number of benzene rings is 2. The average molecular weight is 284 g/mol. The Morgan fingerprint density at radius 1 is 1.05 bits per heavy atom. The fourth-order valence-electron chi connectivity index (χ4n) is 1.80. The summed E-state index contributed by atoms with van der Waals surface area (Å²) in [7, 11) is 0. The summed E-state index contributed by atoms with van der Waals surface area (Å²) in [4.78, 5) is 0. The minimum atomic E-state index is -0.859. The van der Waals surface area contributed by atoms with Crippen LogP contribution in [0.4, 0.5) is 14.5 Å². The lowest BCUT2D eigenvalue weighted by atomic mass is 10.1. The molecule has 0 amide bonds. The normalized spacial score (nSPS) is 12.2. The van der Waals surface area contributed by atoms with Crippen molar-refractivity contribution in [2.75, 3.05) is 11.9 Å². The predicted octanol–water partition coefficient (Wildman–Crippen LogP) is 3.76. The number of aliphatic hydroxyl groups is 1. The summed E-state index contributed by atoms with van der Waals surface area (Å²) in [5.74, 6) is -1.39. The molecule has 1 atom stereocenters. The summed E-state index contributed by atoms with van der Waals surface area (Å²) in [6.45, 7) is -0.430. The average Bonchev–Trinajstić information content (AvgIpc) is 2.39. The molecule has 0 aliphatic rings. The third-order valence-electron chi connectivity index (χ3n) is 2.72. The fourth-order valence-corrected chi connectivity index (χ4v) is 1.93. The molecule has 1 unspecified atom stereocenters. The first-order chi connectivity index (χ1) is 9.11. The van der Waals surface area contributed by atoms with Crippen LogP contribution in [0.1, 0.15) is 11.6 Å². The van der Waals surface area contributed by atoms with E-state index in [4.69, 9.17) is 11.6 Å². The van der Waals surface area contributed by atoms with E-state index in [2.05, 4.69) is 5.32 Å². The molecule has 0 saturated carbocycles. The van der Waals surface area contributed by atoms with Crippen molar-refractivity contribution in [3.05, 3.63) is 64.7 Å². The van der Waals surface area contributed by atoms with E-state index in [0.29, 0.717) is 10.7 Å². The standard InChI is InChI=1S/C14H12ClF2NO/c15-9-4-6-10(7-5-9)18-13(8-19)14-11(16)2-1-3-12(14)17/h1-7,13,18-19H,8H2. The SMILES string of the molecule is OCC(Nc1ccc(Cl)cc1)c1c(F)cccc1F. The minimum Gasteiger partial charge on any atom is -0.394 e. The van der Waals surface area contributed by atoms with Gasteiger partial charge in [0.1, 0.15) is 11.6 Å². The molecule has 0 bridgehead atoms. The van der Waals surface area contributed by atoms with Gasteiger partial charge in [-0.3, -0.25) is 0 Å². The molecule has 0 fully saturated rings. The molecule has 2 rings (SSSR count). The number of hydrogen-bond acceptors (Lipinski definition) is 2. The van der Waals surface area contributed by atoms with E-state index >= 15 is 0 Å². The van der Waals surface area contributed by atoms with E-state index in [1.165, 1.54) is 6.07 Å². The molecule has 0 saturated heterocycles. The number of halogens is 3. The second-order valence-electron chi connectivity index (χ2n) is 4.02. The summed E-state index contributed by atoms with van der Waals surface area (Å²) >= 11 is 5.75. The molecule has 19 heavy (non-hydrogen) atoms. The Hall–Kier alpha value is -1.65. The van der Waals surface area contributed by atoms with Gasteiger partial charge >= 0.3 is 0 Å².